The van der Waals surface area contributed by atoms with E-state index in [9.17, 15) is 4.79 Å². The predicted molar refractivity (Wildman–Crippen MR) is 78.4 cm³/mol. The van der Waals surface area contributed by atoms with Crippen LogP contribution in [0.15, 0.2) is 60.8 Å². The first-order chi connectivity index (χ1) is 9.72. The number of benzene rings is 2. The SMILES string of the molecule is O=C(O)c1cccc(Nc2cnc3ccccc3c2)c1. The summed E-state index contributed by atoms with van der Waals surface area (Å²) in [5, 5.41) is 13.2. The number of aromatic carboxylic acids is 1. The summed E-state index contributed by atoms with van der Waals surface area (Å²) in [6, 6.07) is 16.5. The Labute approximate surface area is 115 Å². The van der Waals surface area contributed by atoms with E-state index in [2.05, 4.69) is 10.3 Å². The highest BCUT2D eigenvalue weighted by Gasteiger charge is 2.04. The molecule has 0 aliphatic carbocycles. The number of nitrogens with one attached hydrogen (secondary N) is 1. The Morgan fingerprint density at radius 1 is 1.00 bits per heavy atom. The molecule has 3 aromatic rings. The lowest BCUT2D eigenvalue weighted by Crippen LogP contribution is -1.98. The molecule has 1 heterocycles. The zero-order valence-corrected chi connectivity index (χ0v) is 10.6. The third-order valence-corrected chi connectivity index (χ3v) is 2.99. The topological polar surface area (TPSA) is 62.2 Å². The summed E-state index contributed by atoms with van der Waals surface area (Å²) in [6.45, 7) is 0. The summed E-state index contributed by atoms with van der Waals surface area (Å²) in [5.74, 6) is -0.940. The zero-order valence-electron chi connectivity index (χ0n) is 10.6. The molecule has 0 unspecified atom stereocenters. The number of aromatic nitrogens is 1. The van der Waals surface area contributed by atoms with Crippen molar-refractivity contribution in [3.05, 3.63) is 66.4 Å². The number of hydrogen-bond donors (Lipinski definition) is 2. The van der Waals surface area contributed by atoms with Crippen LogP contribution in [0.4, 0.5) is 11.4 Å². The molecule has 0 aliphatic heterocycles. The minimum Gasteiger partial charge on any atom is -0.478 e. The lowest BCUT2D eigenvalue weighted by Gasteiger charge is -2.07. The van der Waals surface area contributed by atoms with Crippen molar-refractivity contribution < 1.29 is 9.90 Å². The summed E-state index contributed by atoms with van der Waals surface area (Å²) in [7, 11) is 0. The molecule has 0 spiro atoms. The van der Waals surface area contributed by atoms with Crippen molar-refractivity contribution in [1.29, 1.82) is 0 Å². The van der Waals surface area contributed by atoms with E-state index in [1.807, 2.05) is 36.4 Å². The Morgan fingerprint density at radius 3 is 2.70 bits per heavy atom. The predicted octanol–water partition coefficient (Wildman–Crippen LogP) is 3.68. The molecule has 20 heavy (non-hydrogen) atoms. The van der Waals surface area contributed by atoms with E-state index in [0.29, 0.717) is 0 Å². The van der Waals surface area contributed by atoms with Gasteiger partial charge in [-0.1, -0.05) is 24.3 Å². The molecule has 0 amide bonds. The Hall–Kier alpha value is -2.88. The number of carboxylic acids is 1. The van der Waals surface area contributed by atoms with Crippen molar-refractivity contribution in [2.75, 3.05) is 5.32 Å². The van der Waals surface area contributed by atoms with E-state index < -0.39 is 5.97 Å². The molecule has 4 heteroatoms. The van der Waals surface area contributed by atoms with E-state index in [1.165, 1.54) is 0 Å². The van der Waals surface area contributed by atoms with Crippen LogP contribution >= 0.6 is 0 Å². The Kier molecular flexibility index (Phi) is 3.05. The number of carbonyl (C=O) groups is 1. The molecule has 0 saturated carbocycles. The Morgan fingerprint density at radius 2 is 1.85 bits per heavy atom. The van der Waals surface area contributed by atoms with Crippen LogP contribution in [0.25, 0.3) is 10.9 Å². The van der Waals surface area contributed by atoms with Crippen LogP contribution in [-0.4, -0.2) is 16.1 Å². The molecular weight excluding hydrogens is 252 g/mol. The maximum Gasteiger partial charge on any atom is 0.335 e. The monoisotopic (exact) mass is 264 g/mol. The van der Waals surface area contributed by atoms with E-state index in [1.54, 1.807) is 24.4 Å². The van der Waals surface area contributed by atoms with Gasteiger partial charge in [0.15, 0.2) is 0 Å². The van der Waals surface area contributed by atoms with Crippen molar-refractivity contribution in [3.8, 4) is 0 Å². The fourth-order valence-corrected chi connectivity index (χ4v) is 2.04. The highest BCUT2D eigenvalue weighted by molar-refractivity contribution is 5.89. The van der Waals surface area contributed by atoms with Gasteiger partial charge in [-0.25, -0.2) is 4.79 Å². The molecule has 0 aliphatic rings. The Balaban J connectivity index is 1.92. The van der Waals surface area contributed by atoms with Crippen LogP contribution in [0.1, 0.15) is 10.4 Å². The van der Waals surface area contributed by atoms with Gasteiger partial charge < -0.3 is 10.4 Å². The van der Waals surface area contributed by atoms with Gasteiger partial charge in [0.25, 0.3) is 0 Å². The number of hydrogen-bond acceptors (Lipinski definition) is 3. The minimum atomic E-state index is -0.940. The van der Waals surface area contributed by atoms with Gasteiger partial charge >= 0.3 is 5.97 Å². The zero-order chi connectivity index (χ0) is 13.9. The van der Waals surface area contributed by atoms with Crippen molar-refractivity contribution in [2.24, 2.45) is 0 Å². The van der Waals surface area contributed by atoms with Crippen molar-refractivity contribution in [3.63, 3.8) is 0 Å². The number of pyridine rings is 1. The molecule has 1 aromatic heterocycles. The van der Waals surface area contributed by atoms with Crippen LogP contribution < -0.4 is 5.32 Å². The van der Waals surface area contributed by atoms with Crippen LogP contribution in [0.3, 0.4) is 0 Å². The number of rotatable bonds is 3. The number of anilines is 2. The van der Waals surface area contributed by atoms with E-state index in [-0.39, 0.29) is 5.56 Å². The molecule has 4 nitrogen and oxygen atoms in total. The quantitative estimate of drug-likeness (QED) is 0.757. The molecule has 2 aromatic carbocycles. The summed E-state index contributed by atoms with van der Waals surface area (Å²) in [5.41, 5.74) is 2.73. The lowest BCUT2D eigenvalue weighted by molar-refractivity contribution is 0.0697. The highest BCUT2D eigenvalue weighted by Crippen LogP contribution is 2.21. The molecule has 0 fully saturated rings. The molecular formula is C16H12N2O2. The van der Waals surface area contributed by atoms with Crippen molar-refractivity contribution in [2.45, 2.75) is 0 Å². The number of para-hydroxylation sites is 1. The van der Waals surface area contributed by atoms with Crippen LogP contribution in [0.2, 0.25) is 0 Å². The van der Waals surface area contributed by atoms with Crippen molar-refractivity contribution >= 4 is 28.2 Å². The maximum absolute atomic E-state index is 10.9. The van der Waals surface area contributed by atoms with Crippen LogP contribution in [0.5, 0.6) is 0 Å². The second kappa shape index (κ2) is 5.01. The van der Waals surface area contributed by atoms with Gasteiger partial charge in [0, 0.05) is 11.1 Å². The molecule has 0 radical (unpaired) electrons. The van der Waals surface area contributed by atoms with Gasteiger partial charge in [-0.3, -0.25) is 4.98 Å². The molecule has 98 valence electrons. The average Bonchev–Trinajstić information content (AvgIpc) is 2.47. The molecule has 0 bridgehead atoms. The van der Waals surface area contributed by atoms with Gasteiger partial charge in [0.05, 0.1) is 23.0 Å². The standard InChI is InChI=1S/C16H12N2O2/c19-16(20)12-5-3-6-13(9-12)18-14-8-11-4-1-2-7-15(11)17-10-14/h1-10,18H,(H,19,20). The van der Waals surface area contributed by atoms with Gasteiger partial charge in [-0.05, 0) is 30.3 Å². The highest BCUT2D eigenvalue weighted by atomic mass is 16.4. The summed E-state index contributed by atoms with van der Waals surface area (Å²) < 4.78 is 0. The number of nitrogens with zero attached hydrogens (tertiary/aromatic N) is 1. The third kappa shape index (κ3) is 2.44. The summed E-state index contributed by atoms with van der Waals surface area (Å²) >= 11 is 0. The van der Waals surface area contributed by atoms with Crippen molar-refractivity contribution in [1.82, 2.24) is 4.98 Å². The first kappa shape index (κ1) is 12.2. The van der Waals surface area contributed by atoms with Gasteiger partial charge in [-0.15, -0.1) is 0 Å². The summed E-state index contributed by atoms with van der Waals surface area (Å²) in [4.78, 5) is 15.3. The van der Waals surface area contributed by atoms with E-state index in [4.69, 9.17) is 5.11 Å². The molecule has 3 rings (SSSR count). The fourth-order valence-electron chi connectivity index (χ4n) is 2.04. The van der Waals surface area contributed by atoms with Crippen LogP contribution in [-0.2, 0) is 0 Å². The first-order valence-corrected chi connectivity index (χ1v) is 6.17. The van der Waals surface area contributed by atoms with E-state index >= 15 is 0 Å². The van der Waals surface area contributed by atoms with Crippen LogP contribution in [0, 0.1) is 0 Å². The molecule has 0 atom stereocenters. The van der Waals surface area contributed by atoms with Gasteiger partial charge in [-0.2, -0.15) is 0 Å². The molecule has 0 saturated heterocycles. The average molecular weight is 264 g/mol. The number of fused-ring (bicyclic) bond motifs is 1. The van der Waals surface area contributed by atoms with E-state index in [0.717, 1.165) is 22.3 Å². The second-order valence-electron chi connectivity index (χ2n) is 4.43. The number of carboxylic acid groups (broad SMARTS) is 1. The maximum atomic E-state index is 10.9. The van der Waals surface area contributed by atoms with Gasteiger partial charge in [0.2, 0.25) is 0 Å². The Bertz CT molecular complexity index is 784. The molecule has 2 N–H and O–H groups in total. The largest absolute Gasteiger partial charge is 0.478 e. The summed E-state index contributed by atoms with van der Waals surface area (Å²) in [6.07, 6.45) is 1.73. The lowest BCUT2D eigenvalue weighted by atomic mass is 10.2. The first-order valence-electron chi connectivity index (χ1n) is 6.17. The van der Waals surface area contributed by atoms with Gasteiger partial charge in [0.1, 0.15) is 0 Å². The normalized spacial score (nSPS) is 10.4. The minimum absolute atomic E-state index is 0.253. The second-order valence-corrected chi connectivity index (χ2v) is 4.43. The fraction of sp³-hybridized carbons (Fsp3) is 0. The third-order valence-electron chi connectivity index (χ3n) is 2.99. The smallest absolute Gasteiger partial charge is 0.335 e.